The second-order valence-electron chi connectivity index (χ2n) is 7.12. The highest BCUT2D eigenvalue weighted by atomic mass is 32.2. The summed E-state index contributed by atoms with van der Waals surface area (Å²) >= 11 is -1.51. The van der Waals surface area contributed by atoms with E-state index in [4.69, 9.17) is 4.42 Å². The minimum absolute atomic E-state index is 0.0282. The molecular formula is C23H22N2O4S. The van der Waals surface area contributed by atoms with Gasteiger partial charge in [-0.1, -0.05) is 19.1 Å². The van der Waals surface area contributed by atoms with E-state index in [1.807, 2.05) is 26.0 Å². The van der Waals surface area contributed by atoms with Crippen LogP contribution in [0.5, 0.6) is 0 Å². The molecule has 0 fully saturated rings. The lowest BCUT2D eigenvalue weighted by molar-refractivity contribution is 0.0947. The molecule has 154 valence electrons. The third-order valence-corrected chi connectivity index (χ3v) is 6.69. The van der Waals surface area contributed by atoms with E-state index < -0.39 is 11.2 Å². The molecule has 2 heterocycles. The van der Waals surface area contributed by atoms with Gasteiger partial charge in [0.15, 0.2) is 9.79 Å². The smallest absolute Gasteiger partial charge is 0.263 e. The molecule has 0 aliphatic carbocycles. The van der Waals surface area contributed by atoms with E-state index >= 15 is 0 Å². The van der Waals surface area contributed by atoms with Gasteiger partial charge in [-0.05, 0) is 49.4 Å². The van der Waals surface area contributed by atoms with Crippen molar-refractivity contribution in [3.05, 3.63) is 77.7 Å². The first kappa shape index (κ1) is 20.3. The van der Waals surface area contributed by atoms with Crippen molar-refractivity contribution in [3.8, 4) is 0 Å². The predicted molar refractivity (Wildman–Crippen MR) is 114 cm³/mol. The number of furan rings is 1. The van der Waals surface area contributed by atoms with Crippen LogP contribution in [0.1, 0.15) is 46.2 Å². The molecule has 2 amide bonds. The predicted octanol–water partition coefficient (Wildman–Crippen LogP) is 3.96. The fraction of sp³-hybridized carbons (Fsp3) is 0.217. The maximum Gasteiger partial charge on any atom is 0.263 e. The van der Waals surface area contributed by atoms with Crippen LogP contribution in [0.15, 0.2) is 75.1 Å². The molecule has 7 heteroatoms. The van der Waals surface area contributed by atoms with Gasteiger partial charge in [0, 0.05) is 35.7 Å². The monoisotopic (exact) mass is 422 g/mol. The van der Waals surface area contributed by atoms with Crippen LogP contribution in [0.4, 0.5) is 5.69 Å². The average Bonchev–Trinajstić information content (AvgIpc) is 3.29. The SMILES string of the molecule is CCN1C(=O)c2ccccc2[S+]([O-])c2ccc(C(=O)NCC(C)c3ccco3)cc21. The molecule has 2 unspecified atom stereocenters. The second kappa shape index (κ2) is 8.38. The Balaban J connectivity index is 1.63. The lowest BCUT2D eigenvalue weighted by Crippen LogP contribution is -2.31. The molecular weight excluding hydrogens is 400 g/mol. The first-order chi connectivity index (χ1) is 14.5. The number of anilines is 1. The molecule has 2 atom stereocenters. The van der Waals surface area contributed by atoms with Crippen molar-refractivity contribution in [1.82, 2.24) is 5.32 Å². The summed E-state index contributed by atoms with van der Waals surface area (Å²) in [5.41, 5.74) is 1.34. The summed E-state index contributed by atoms with van der Waals surface area (Å²) in [4.78, 5) is 28.4. The minimum Gasteiger partial charge on any atom is -0.606 e. The van der Waals surface area contributed by atoms with Gasteiger partial charge in [-0.15, -0.1) is 0 Å². The highest BCUT2D eigenvalue weighted by Crippen LogP contribution is 2.37. The van der Waals surface area contributed by atoms with Gasteiger partial charge in [0.05, 0.1) is 11.8 Å². The van der Waals surface area contributed by atoms with Crippen molar-refractivity contribution in [2.75, 3.05) is 18.0 Å². The summed E-state index contributed by atoms with van der Waals surface area (Å²) in [6.07, 6.45) is 1.61. The Morgan fingerprint density at radius 1 is 1.17 bits per heavy atom. The largest absolute Gasteiger partial charge is 0.606 e. The molecule has 30 heavy (non-hydrogen) atoms. The van der Waals surface area contributed by atoms with Gasteiger partial charge in [-0.3, -0.25) is 9.59 Å². The van der Waals surface area contributed by atoms with Gasteiger partial charge in [0.1, 0.15) is 11.4 Å². The number of fused-ring (bicyclic) bond motifs is 2. The van der Waals surface area contributed by atoms with Crippen LogP contribution in [0, 0.1) is 0 Å². The van der Waals surface area contributed by atoms with Crippen LogP contribution < -0.4 is 10.2 Å². The quantitative estimate of drug-likeness (QED) is 0.631. The standard InChI is InChI=1S/C23H22N2O4S/c1-3-25-18-13-16(22(26)24-14-15(2)19-8-6-12-29-19)10-11-21(18)30(28)20-9-5-4-7-17(20)23(25)27/h4-13,15H,3,14H2,1-2H3,(H,24,26). The van der Waals surface area contributed by atoms with Gasteiger partial charge < -0.3 is 19.2 Å². The molecule has 3 aromatic rings. The summed E-state index contributed by atoms with van der Waals surface area (Å²) < 4.78 is 18.6. The summed E-state index contributed by atoms with van der Waals surface area (Å²) in [6.45, 7) is 4.64. The molecule has 6 nitrogen and oxygen atoms in total. The molecule has 2 aromatic carbocycles. The highest BCUT2D eigenvalue weighted by Gasteiger charge is 2.35. The van der Waals surface area contributed by atoms with Gasteiger partial charge in [0.25, 0.3) is 11.8 Å². The lowest BCUT2D eigenvalue weighted by atomic mass is 10.1. The number of hydrogen-bond acceptors (Lipinski definition) is 4. The first-order valence-electron chi connectivity index (χ1n) is 9.79. The Bertz CT molecular complexity index is 1080. The number of benzene rings is 2. The van der Waals surface area contributed by atoms with Crippen LogP contribution in [-0.4, -0.2) is 29.5 Å². The Morgan fingerprint density at radius 2 is 1.97 bits per heavy atom. The van der Waals surface area contributed by atoms with Gasteiger partial charge in [0.2, 0.25) is 0 Å². The fourth-order valence-electron chi connectivity index (χ4n) is 3.54. The fourth-order valence-corrected chi connectivity index (χ4v) is 4.88. The van der Waals surface area contributed by atoms with E-state index in [-0.39, 0.29) is 17.7 Å². The first-order valence-corrected chi connectivity index (χ1v) is 10.9. The number of rotatable bonds is 5. The molecule has 1 aliphatic rings. The molecule has 0 saturated carbocycles. The number of carbonyl (C=O) groups is 2. The van der Waals surface area contributed by atoms with Crippen molar-refractivity contribution < 1.29 is 18.6 Å². The summed E-state index contributed by atoms with van der Waals surface area (Å²) in [7, 11) is 0. The Hall–Kier alpha value is -3.03. The minimum atomic E-state index is -1.51. The third kappa shape index (κ3) is 3.62. The maximum atomic E-state index is 13.2. The summed E-state index contributed by atoms with van der Waals surface area (Å²) in [6, 6.07) is 15.6. The van der Waals surface area contributed by atoms with Crippen LogP contribution in [0.3, 0.4) is 0 Å². The van der Waals surface area contributed by atoms with Crippen LogP contribution in [0.25, 0.3) is 0 Å². The van der Waals surface area contributed by atoms with Crippen molar-refractivity contribution in [1.29, 1.82) is 0 Å². The average molecular weight is 423 g/mol. The number of nitrogens with one attached hydrogen (secondary N) is 1. The van der Waals surface area contributed by atoms with Crippen molar-refractivity contribution in [3.63, 3.8) is 0 Å². The third-order valence-electron chi connectivity index (χ3n) is 5.19. The van der Waals surface area contributed by atoms with Crippen molar-refractivity contribution >= 4 is 28.7 Å². The van der Waals surface area contributed by atoms with E-state index in [2.05, 4.69) is 5.32 Å². The number of nitrogens with zero attached hydrogens (tertiary/aromatic N) is 1. The number of hydrogen-bond donors (Lipinski definition) is 1. The van der Waals surface area contributed by atoms with Crippen LogP contribution in [0.2, 0.25) is 0 Å². The molecule has 0 radical (unpaired) electrons. The number of carbonyl (C=O) groups excluding carboxylic acids is 2. The van der Waals surface area contributed by atoms with Crippen molar-refractivity contribution in [2.24, 2.45) is 0 Å². The zero-order valence-electron chi connectivity index (χ0n) is 16.8. The van der Waals surface area contributed by atoms with E-state index in [0.717, 1.165) is 5.76 Å². The normalized spacial score (nSPS) is 16.4. The molecule has 1 aromatic heterocycles. The van der Waals surface area contributed by atoms with E-state index in [9.17, 15) is 14.1 Å². The highest BCUT2D eigenvalue weighted by molar-refractivity contribution is 7.91. The summed E-state index contributed by atoms with van der Waals surface area (Å²) in [5, 5.41) is 2.90. The Morgan fingerprint density at radius 3 is 2.70 bits per heavy atom. The zero-order valence-corrected chi connectivity index (χ0v) is 17.6. The van der Waals surface area contributed by atoms with Crippen molar-refractivity contribution in [2.45, 2.75) is 29.6 Å². The van der Waals surface area contributed by atoms with Gasteiger partial charge >= 0.3 is 0 Å². The summed E-state index contributed by atoms with van der Waals surface area (Å²) in [5.74, 6) is 0.352. The molecule has 1 aliphatic heterocycles. The van der Waals surface area contributed by atoms with E-state index in [1.54, 1.807) is 53.6 Å². The molecule has 0 bridgehead atoms. The molecule has 1 N–H and O–H groups in total. The molecule has 0 saturated heterocycles. The van der Waals surface area contributed by atoms with Crippen LogP contribution >= 0.6 is 0 Å². The molecule has 4 rings (SSSR count). The zero-order chi connectivity index (χ0) is 21.3. The maximum absolute atomic E-state index is 13.2. The van der Waals surface area contributed by atoms with E-state index in [1.165, 1.54) is 0 Å². The number of amides is 2. The van der Waals surface area contributed by atoms with Crippen LogP contribution in [-0.2, 0) is 11.2 Å². The second-order valence-corrected chi connectivity index (χ2v) is 8.54. The lowest BCUT2D eigenvalue weighted by Gasteiger charge is -2.20. The molecule has 0 spiro atoms. The van der Waals surface area contributed by atoms with Gasteiger partial charge in [-0.2, -0.15) is 0 Å². The Kier molecular flexibility index (Phi) is 5.65. The topological polar surface area (TPSA) is 85.6 Å². The van der Waals surface area contributed by atoms with Gasteiger partial charge in [-0.25, -0.2) is 0 Å². The Labute approximate surface area is 178 Å². The van der Waals surface area contributed by atoms with E-state index in [0.29, 0.717) is 39.7 Å².